The number of fused-ring (bicyclic) bond motifs is 1. The Morgan fingerprint density at radius 3 is 2.36 bits per heavy atom. The maximum Gasteiger partial charge on any atom is 0.217 e. The Bertz CT molecular complexity index is 957. The van der Waals surface area contributed by atoms with Crippen LogP contribution >= 0.6 is 0 Å². The molecule has 0 saturated carbocycles. The molecule has 2 aliphatic heterocycles. The van der Waals surface area contributed by atoms with Gasteiger partial charge in [-0.05, 0) is 12.8 Å². The predicted octanol–water partition coefficient (Wildman–Crippen LogP) is 5.62. The lowest BCUT2D eigenvalue weighted by Crippen LogP contribution is -2.38. The van der Waals surface area contributed by atoms with Crippen molar-refractivity contribution in [3.63, 3.8) is 0 Å². The first-order chi connectivity index (χ1) is 19.1. The fourth-order valence-corrected chi connectivity index (χ4v) is 3.95. The van der Waals surface area contributed by atoms with Crippen LogP contribution in [-0.4, -0.2) is 74.4 Å². The van der Waals surface area contributed by atoms with Crippen LogP contribution in [0.2, 0.25) is 0 Å². The van der Waals surface area contributed by atoms with Crippen LogP contribution in [0, 0.1) is 5.41 Å². The van der Waals surface area contributed by atoms with Gasteiger partial charge in [-0.15, -0.1) is 0 Å². The molecule has 9 heteroatoms. The highest BCUT2D eigenvalue weighted by atomic mass is 16.6. The van der Waals surface area contributed by atoms with Crippen molar-refractivity contribution in [2.75, 3.05) is 63.2 Å². The standard InChI is InChI=1S/C17H30N4O2.C9H8N2O.2C2H6/c1-3-5-21(6-4-2)16-13-15(18)14-17(19-16)23-12-9-20-7-10-22-11-8-20;10-5-9-8-4-2-1-3-7(8)6-12-11-9;2*1-2/h13-14H,3-12H2,1-2H3,(H2,18,19);1-5,10H,6H2;2*1-2H3. The van der Waals surface area contributed by atoms with Crippen molar-refractivity contribution in [3.8, 4) is 5.88 Å². The molecule has 1 fully saturated rings. The number of nitrogen functional groups attached to an aromatic ring is 1. The van der Waals surface area contributed by atoms with Gasteiger partial charge in [-0.3, -0.25) is 4.90 Å². The molecule has 218 valence electrons. The molecule has 0 unspecified atom stereocenters. The number of nitrogens with two attached hydrogens (primary N) is 1. The van der Waals surface area contributed by atoms with E-state index in [0.717, 1.165) is 75.7 Å². The summed E-state index contributed by atoms with van der Waals surface area (Å²) in [5, 5.41) is 10.9. The van der Waals surface area contributed by atoms with E-state index in [1.54, 1.807) is 6.07 Å². The number of anilines is 2. The fraction of sp³-hybridized carbons (Fsp3) is 0.567. The molecule has 1 aromatic carbocycles. The molecule has 3 heterocycles. The Morgan fingerprint density at radius 2 is 1.72 bits per heavy atom. The maximum atomic E-state index is 7.09. The average molecular weight is 543 g/mol. The van der Waals surface area contributed by atoms with Gasteiger partial charge in [0, 0.05) is 67.9 Å². The van der Waals surface area contributed by atoms with Gasteiger partial charge in [-0.2, -0.15) is 4.98 Å². The van der Waals surface area contributed by atoms with Crippen molar-refractivity contribution in [2.45, 2.75) is 61.0 Å². The van der Waals surface area contributed by atoms with E-state index in [-0.39, 0.29) is 0 Å². The molecule has 2 aliphatic rings. The summed E-state index contributed by atoms with van der Waals surface area (Å²) in [6.45, 7) is 19.9. The van der Waals surface area contributed by atoms with Crippen molar-refractivity contribution in [3.05, 3.63) is 47.5 Å². The number of morpholine rings is 1. The molecule has 1 aromatic heterocycles. The minimum absolute atomic E-state index is 0.507. The fourth-order valence-electron chi connectivity index (χ4n) is 3.95. The molecule has 4 rings (SSSR count). The SMILES string of the molecule is CC.CC.CCCN(CCC)c1cc(N)cc(OCCN2CCOCC2)n1.N=CC1=NOCc2ccccc21. The molecule has 3 N–H and O–H groups in total. The van der Waals surface area contributed by atoms with E-state index in [2.05, 4.69) is 33.8 Å². The summed E-state index contributed by atoms with van der Waals surface area (Å²) >= 11 is 0. The number of rotatable bonds is 10. The van der Waals surface area contributed by atoms with E-state index in [4.69, 9.17) is 25.5 Å². The summed E-state index contributed by atoms with van der Waals surface area (Å²) in [4.78, 5) is 14.2. The molecular formula is C30H50N6O3. The Morgan fingerprint density at radius 1 is 1.05 bits per heavy atom. The third kappa shape index (κ3) is 12.0. The van der Waals surface area contributed by atoms with Gasteiger partial charge in [0.05, 0.1) is 13.2 Å². The third-order valence-electron chi connectivity index (χ3n) is 5.70. The normalized spacial score (nSPS) is 13.8. The molecule has 0 aliphatic carbocycles. The largest absolute Gasteiger partial charge is 0.476 e. The number of ether oxygens (including phenoxy) is 2. The van der Waals surface area contributed by atoms with E-state index in [0.29, 0.717) is 30.5 Å². The van der Waals surface area contributed by atoms with Crippen LogP contribution in [0.15, 0.2) is 41.6 Å². The zero-order valence-electron chi connectivity index (χ0n) is 24.9. The summed E-state index contributed by atoms with van der Waals surface area (Å²) in [5.41, 5.74) is 9.41. The number of nitrogens with zero attached hydrogens (tertiary/aromatic N) is 4. The second kappa shape index (κ2) is 20.7. The van der Waals surface area contributed by atoms with Crippen molar-refractivity contribution in [2.24, 2.45) is 5.16 Å². The lowest BCUT2D eigenvalue weighted by molar-refractivity contribution is 0.0320. The zero-order chi connectivity index (χ0) is 28.9. The minimum Gasteiger partial charge on any atom is -0.476 e. The zero-order valence-corrected chi connectivity index (χ0v) is 24.9. The average Bonchev–Trinajstić information content (AvgIpc) is 2.99. The van der Waals surface area contributed by atoms with Crippen LogP contribution in [0.4, 0.5) is 11.5 Å². The number of pyridine rings is 1. The Labute approximate surface area is 235 Å². The monoisotopic (exact) mass is 542 g/mol. The van der Waals surface area contributed by atoms with Crippen LogP contribution in [0.25, 0.3) is 0 Å². The predicted molar refractivity (Wildman–Crippen MR) is 163 cm³/mol. The topological polar surface area (TPSA) is 109 Å². The first-order valence-electron chi connectivity index (χ1n) is 14.4. The molecule has 9 nitrogen and oxygen atoms in total. The van der Waals surface area contributed by atoms with Gasteiger partial charge in [0.1, 0.15) is 24.7 Å². The molecule has 1 saturated heterocycles. The van der Waals surface area contributed by atoms with Crippen LogP contribution < -0.4 is 15.4 Å². The Hall–Kier alpha value is -3.17. The molecule has 2 aromatic rings. The minimum atomic E-state index is 0.507. The highest BCUT2D eigenvalue weighted by molar-refractivity contribution is 6.37. The lowest BCUT2D eigenvalue weighted by Gasteiger charge is -2.26. The maximum absolute atomic E-state index is 7.09. The van der Waals surface area contributed by atoms with E-state index >= 15 is 0 Å². The molecule has 0 radical (unpaired) electrons. The van der Waals surface area contributed by atoms with Gasteiger partial charge >= 0.3 is 0 Å². The van der Waals surface area contributed by atoms with Crippen molar-refractivity contribution in [1.29, 1.82) is 5.41 Å². The van der Waals surface area contributed by atoms with Gasteiger partial charge in [0.15, 0.2) is 0 Å². The summed E-state index contributed by atoms with van der Waals surface area (Å²) in [6, 6.07) is 11.5. The Kier molecular flexibility index (Phi) is 18.0. The number of benzene rings is 1. The molecule has 39 heavy (non-hydrogen) atoms. The number of hydrogen-bond acceptors (Lipinski definition) is 9. The molecule has 0 bridgehead atoms. The number of aromatic nitrogens is 1. The van der Waals surface area contributed by atoms with Crippen LogP contribution in [0.5, 0.6) is 5.88 Å². The van der Waals surface area contributed by atoms with Crippen molar-refractivity contribution < 1.29 is 14.3 Å². The molecule has 0 spiro atoms. The van der Waals surface area contributed by atoms with Gasteiger partial charge in [0.25, 0.3) is 0 Å². The van der Waals surface area contributed by atoms with Gasteiger partial charge in [-0.25, -0.2) is 0 Å². The van der Waals surface area contributed by atoms with Gasteiger partial charge in [0.2, 0.25) is 5.88 Å². The quantitative estimate of drug-likeness (QED) is 0.375. The number of oxime groups is 1. The van der Waals surface area contributed by atoms with Crippen LogP contribution in [0.1, 0.15) is 65.5 Å². The second-order valence-corrected chi connectivity index (χ2v) is 8.44. The molecule has 0 atom stereocenters. The summed E-state index contributed by atoms with van der Waals surface area (Å²) in [5.74, 6) is 1.53. The van der Waals surface area contributed by atoms with Gasteiger partial charge < -0.3 is 30.4 Å². The first-order valence-corrected chi connectivity index (χ1v) is 14.4. The highest BCUT2D eigenvalue weighted by Crippen LogP contribution is 2.22. The van der Waals surface area contributed by atoms with E-state index < -0.39 is 0 Å². The van der Waals surface area contributed by atoms with Crippen molar-refractivity contribution >= 4 is 23.4 Å². The number of nitrogens with one attached hydrogen (secondary N) is 1. The summed E-state index contributed by atoms with van der Waals surface area (Å²) in [6.07, 6.45) is 3.38. The second-order valence-electron chi connectivity index (χ2n) is 8.44. The van der Waals surface area contributed by atoms with Crippen LogP contribution in [-0.2, 0) is 16.2 Å². The van der Waals surface area contributed by atoms with E-state index in [1.807, 2.05) is 58.0 Å². The molecule has 0 amide bonds. The lowest BCUT2D eigenvalue weighted by atomic mass is 10.0. The van der Waals surface area contributed by atoms with Crippen LogP contribution in [0.3, 0.4) is 0 Å². The Balaban J connectivity index is 0.000000397. The number of hydrogen-bond donors (Lipinski definition) is 2. The van der Waals surface area contributed by atoms with E-state index in [9.17, 15) is 0 Å². The first kappa shape index (κ1) is 33.9. The van der Waals surface area contributed by atoms with E-state index in [1.165, 1.54) is 6.21 Å². The van der Waals surface area contributed by atoms with Gasteiger partial charge in [-0.1, -0.05) is 71.0 Å². The summed E-state index contributed by atoms with van der Waals surface area (Å²) in [7, 11) is 0. The molecular weight excluding hydrogens is 492 g/mol. The summed E-state index contributed by atoms with van der Waals surface area (Å²) < 4.78 is 11.2. The smallest absolute Gasteiger partial charge is 0.217 e. The third-order valence-corrected chi connectivity index (χ3v) is 5.70. The van der Waals surface area contributed by atoms with Crippen molar-refractivity contribution in [1.82, 2.24) is 9.88 Å². The highest BCUT2D eigenvalue weighted by Gasteiger charge is 2.13.